The Bertz CT molecular complexity index is 1210. The summed E-state index contributed by atoms with van der Waals surface area (Å²) in [6.07, 6.45) is 3.45. The van der Waals surface area contributed by atoms with Gasteiger partial charge in [0.05, 0.1) is 5.69 Å². The monoisotopic (exact) mass is 435 g/mol. The molecule has 0 radical (unpaired) electrons. The molecule has 0 fully saturated rings. The number of nitrogens with two attached hydrogens (primary N) is 1. The van der Waals surface area contributed by atoms with Crippen LogP contribution in [-0.2, 0) is 5.75 Å². The molecule has 2 heterocycles. The summed E-state index contributed by atoms with van der Waals surface area (Å²) < 4.78 is 2.00. The highest BCUT2D eigenvalue weighted by Gasteiger charge is 2.18. The van der Waals surface area contributed by atoms with E-state index in [1.54, 1.807) is 24.5 Å². The van der Waals surface area contributed by atoms with Crippen molar-refractivity contribution in [2.24, 2.45) is 5.73 Å². The van der Waals surface area contributed by atoms with E-state index >= 15 is 0 Å². The number of thioether (sulfide) groups is 1. The van der Waals surface area contributed by atoms with Crippen molar-refractivity contribution >= 4 is 29.3 Å². The Morgan fingerprint density at radius 1 is 1.10 bits per heavy atom. The summed E-state index contributed by atoms with van der Waals surface area (Å²) >= 11 is 7.91. The largest absolute Gasteiger partial charge is 0.366 e. The van der Waals surface area contributed by atoms with E-state index in [0.717, 1.165) is 27.5 Å². The van der Waals surface area contributed by atoms with Crippen LogP contribution in [0.2, 0.25) is 5.02 Å². The van der Waals surface area contributed by atoms with Crippen LogP contribution in [-0.4, -0.2) is 25.7 Å². The molecule has 0 atom stereocenters. The molecule has 8 heteroatoms. The van der Waals surface area contributed by atoms with Crippen molar-refractivity contribution in [2.45, 2.75) is 17.8 Å². The van der Waals surface area contributed by atoms with Gasteiger partial charge < -0.3 is 5.73 Å². The van der Waals surface area contributed by atoms with Crippen LogP contribution in [0.4, 0.5) is 0 Å². The third kappa shape index (κ3) is 4.08. The second-order valence-electron chi connectivity index (χ2n) is 6.61. The van der Waals surface area contributed by atoms with Crippen LogP contribution in [0.15, 0.2) is 72.1 Å². The van der Waals surface area contributed by atoms with Crippen LogP contribution in [0.5, 0.6) is 0 Å². The van der Waals surface area contributed by atoms with E-state index in [2.05, 4.69) is 15.2 Å². The van der Waals surface area contributed by atoms with E-state index in [-0.39, 0.29) is 0 Å². The second-order valence-corrected chi connectivity index (χ2v) is 7.96. The summed E-state index contributed by atoms with van der Waals surface area (Å²) in [7, 11) is 0. The molecule has 0 saturated heterocycles. The molecule has 0 saturated carbocycles. The number of nitrogens with zero attached hydrogens (tertiary/aromatic N) is 4. The Kier molecular flexibility index (Phi) is 5.83. The number of benzene rings is 2. The Balaban J connectivity index is 1.75. The summed E-state index contributed by atoms with van der Waals surface area (Å²) in [6, 6.07) is 16.8. The zero-order chi connectivity index (χ0) is 21.1. The number of rotatable bonds is 6. The summed E-state index contributed by atoms with van der Waals surface area (Å²) in [5.74, 6) is 0.866. The van der Waals surface area contributed by atoms with Gasteiger partial charge in [0.2, 0.25) is 5.91 Å². The molecule has 0 aliphatic heterocycles. The van der Waals surface area contributed by atoms with Gasteiger partial charge >= 0.3 is 0 Å². The molecule has 0 aliphatic rings. The average molecular weight is 436 g/mol. The normalized spacial score (nSPS) is 10.9. The highest BCUT2D eigenvalue weighted by Crippen LogP contribution is 2.32. The van der Waals surface area contributed by atoms with Crippen molar-refractivity contribution in [3.63, 3.8) is 0 Å². The molecule has 0 spiro atoms. The molecular weight excluding hydrogens is 418 g/mol. The summed E-state index contributed by atoms with van der Waals surface area (Å²) in [5.41, 5.74) is 9.60. The van der Waals surface area contributed by atoms with Crippen molar-refractivity contribution in [3.8, 4) is 17.1 Å². The quantitative estimate of drug-likeness (QED) is 0.444. The summed E-state index contributed by atoms with van der Waals surface area (Å²) in [4.78, 5) is 15.6. The van der Waals surface area contributed by atoms with E-state index in [9.17, 15) is 4.79 Å². The van der Waals surface area contributed by atoms with Gasteiger partial charge in [0.1, 0.15) is 0 Å². The maximum atomic E-state index is 11.5. The minimum atomic E-state index is -0.445. The number of hydrogen-bond donors (Lipinski definition) is 1. The van der Waals surface area contributed by atoms with Crippen LogP contribution in [0, 0.1) is 6.92 Å². The Morgan fingerprint density at radius 3 is 2.63 bits per heavy atom. The molecule has 2 N–H and O–H groups in total. The first-order valence-electron chi connectivity index (χ1n) is 9.17. The highest BCUT2D eigenvalue weighted by atomic mass is 35.5. The van der Waals surface area contributed by atoms with Crippen molar-refractivity contribution in [2.75, 3.05) is 0 Å². The van der Waals surface area contributed by atoms with Gasteiger partial charge in [-0.3, -0.25) is 14.3 Å². The first kappa shape index (κ1) is 20.1. The van der Waals surface area contributed by atoms with Gasteiger partial charge in [-0.15, -0.1) is 10.2 Å². The van der Waals surface area contributed by atoms with Gasteiger partial charge in [0, 0.05) is 34.3 Å². The van der Waals surface area contributed by atoms with E-state index in [1.165, 1.54) is 11.8 Å². The summed E-state index contributed by atoms with van der Waals surface area (Å²) in [5, 5.41) is 10.3. The fourth-order valence-electron chi connectivity index (χ4n) is 3.07. The van der Waals surface area contributed by atoms with Gasteiger partial charge in [0.25, 0.3) is 0 Å². The van der Waals surface area contributed by atoms with Crippen LogP contribution in [0.1, 0.15) is 21.5 Å². The number of carbonyl (C=O) groups excluding carboxylic acids is 1. The zero-order valence-electron chi connectivity index (χ0n) is 16.1. The maximum Gasteiger partial charge on any atom is 0.248 e. The molecule has 0 bridgehead atoms. The van der Waals surface area contributed by atoms with E-state index in [4.69, 9.17) is 17.3 Å². The molecule has 0 unspecified atom stereocenters. The first-order chi connectivity index (χ1) is 14.5. The Morgan fingerprint density at radius 2 is 1.87 bits per heavy atom. The first-order valence-corrected chi connectivity index (χ1v) is 10.5. The standard InChI is InChI=1S/C22H18ClN5OS/c1-14-18(23)6-3-7-19(14)28-21(16-8-10-25-11-9-16)26-27-22(28)30-13-15-4-2-5-17(12-15)20(24)29/h2-12H,13H2,1H3,(H2,24,29). The average Bonchev–Trinajstić information content (AvgIpc) is 3.19. The number of aromatic nitrogens is 4. The third-order valence-electron chi connectivity index (χ3n) is 4.63. The van der Waals surface area contributed by atoms with Gasteiger partial charge in [-0.05, 0) is 54.4 Å². The molecule has 150 valence electrons. The molecule has 6 nitrogen and oxygen atoms in total. The Hall–Kier alpha value is -3.16. The lowest BCUT2D eigenvalue weighted by Crippen LogP contribution is -2.10. The lowest BCUT2D eigenvalue weighted by molar-refractivity contribution is 0.1000. The fraction of sp³-hybridized carbons (Fsp3) is 0.0909. The van der Waals surface area contributed by atoms with Gasteiger partial charge in [-0.2, -0.15) is 0 Å². The smallest absolute Gasteiger partial charge is 0.248 e. The molecule has 0 aliphatic carbocycles. The zero-order valence-corrected chi connectivity index (χ0v) is 17.7. The van der Waals surface area contributed by atoms with Gasteiger partial charge in [-0.1, -0.05) is 41.6 Å². The number of pyridine rings is 1. The number of halogens is 1. The van der Waals surface area contributed by atoms with Crippen molar-refractivity contribution < 1.29 is 4.79 Å². The predicted octanol–water partition coefficient (Wildman–Crippen LogP) is 4.68. The lowest BCUT2D eigenvalue weighted by Gasteiger charge is -2.14. The molecule has 4 aromatic rings. The molecule has 1 amide bonds. The SMILES string of the molecule is Cc1c(Cl)cccc1-n1c(SCc2cccc(C(N)=O)c2)nnc1-c1ccncc1. The predicted molar refractivity (Wildman–Crippen MR) is 119 cm³/mol. The van der Waals surface area contributed by atoms with Crippen molar-refractivity contribution in [1.29, 1.82) is 0 Å². The minimum Gasteiger partial charge on any atom is -0.366 e. The topological polar surface area (TPSA) is 86.7 Å². The van der Waals surface area contributed by atoms with Crippen LogP contribution in [0.3, 0.4) is 0 Å². The minimum absolute atomic E-state index is 0.445. The van der Waals surface area contributed by atoms with Gasteiger partial charge in [-0.25, -0.2) is 0 Å². The van der Waals surface area contributed by atoms with Crippen LogP contribution < -0.4 is 5.73 Å². The molecule has 4 rings (SSSR count). The lowest BCUT2D eigenvalue weighted by atomic mass is 10.1. The summed E-state index contributed by atoms with van der Waals surface area (Å²) in [6.45, 7) is 1.97. The molecule has 2 aromatic carbocycles. The number of amides is 1. The van der Waals surface area contributed by atoms with Crippen molar-refractivity contribution in [1.82, 2.24) is 19.7 Å². The van der Waals surface area contributed by atoms with E-state index in [1.807, 2.05) is 54.0 Å². The van der Waals surface area contributed by atoms with Crippen molar-refractivity contribution in [3.05, 3.63) is 88.7 Å². The second kappa shape index (κ2) is 8.69. The molecule has 30 heavy (non-hydrogen) atoms. The van der Waals surface area contributed by atoms with Crippen LogP contribution in [0.25, 0.3) is 17.1 Å². The van der Waals surface area contributed by atoms with E-state index in [0.29, 0.717) is 22.2 Å². The fourth-order valence-corrected chi connectivity index (χ4v) is 4.13. The Labute approximate surface area is 183 Å². The number of primary amides is 1. The maximum absolute atomic E-state index is 11.5. The molecule has 2 aromatic heterocycles. The number of hydrogen-bond acceptors (Lipinski definition) is 5. The third-order valence-corrected chi connectivity index (χ3v) is 6.04. The number of carbonyl (C=O) groups is 1. The van der Waals surface area contributed by atoms with E-state index < -0.39 is 5.91 Å². The van der Waals surface area contributed by atoms with Gasteiger partial charge in [0.15, 0.2) is 11.0 Å². The van der Waals surface area contributed by atoms with Crippen LogP contribution >= 0.6 is 23.4 Å². The highest BCUT2D eigenvalue weighted by molar-refractivity contribution is 7.98. The molecular formula is C22H18ClN5OS.